The molecule has 2 aromatic carbocycles. The number of aryl methyl sites for hydroxylation is 1. The molecule has 35 heavy (non-hydrogen) atoms. The molecule has 1 aliphatic heterocycles. The zero-order valence-electron chi connectivity index (χ0n) is 20.2. The van der Waals surface area contributed by atoms with Crippen LogP contribution in [0, 0.1) is 0 Å². The van der Waals surface area contributed by atoms with Crippen molar-refractivity contribution >= 4 is 22.5 Å². The van der Waals surface area contributed by atoms with Crippen LogP contribution in [0.1, 0.15) is 30.9 Å². The number of carbonyl (C=O) groups excluding carboxylic acids is 1. The van der Waals surface area contributed by atoms with Crippen molar-refractivity contribution in [1.82, 2.24) is 30.0 Å². The standard InChI is InChI=1S/C27H33N7O/c1-20(35)32-23-6-2-4-21(14-23)10-12-33-13-11-28-17-25(33)7-3-5-22-16-29-27-9-8-24(15-26(22)27)34-18-30-31-19-34/h2,4,6,8-9,14-16,18-19,25,28-29H,3,5,7,10-13,17H2,1H3,(H,32,35). The van der Waals surface area contributed by atoms with Gasteiger partial charge in [-0.2, -0.15) is 0 Å². The summed E-state index contributed by atoms with van der Waals surface area (Å²) in [5.41, 5.74) is 5.74. The van der Waals surface area contributed by atoms with Gasteiger partial charge in [-0.3, -0.25) is 14.3 Å². The van der Waals surface area contributed by atoms with Crippen LogP contribution in [0.5, 0.6) is 0 Å². The number of anilines is 1. The molecule has 3 heterocycles. The van der Waals surface area contributed by atoms with Gasteiger partial charge in [0.1, 0.15) is 12.7 Å². The Bertz CT molecular complexity index is 1260. The van der Waals surface area contributed by atoms with E-state index in [-0.39, 0.29) is 5.91 Å². The fraction of sp³-hybridized carbons (Fsp3) is 0.370. The predicted octanol–water partition coefficient (Wildman–Crippen LogP) is 3.55. The maximum atomic E-state index is 11.4. The van der Waals surface area contributed by atoms with Crippen molar-refractivity contribution in [3.05, 3.63) is 72.4 Å². The summed E-state index contributed by atoms with van der Waals surface area (Å²) in [4.78, 5) is 17.4. The lowest BCUT2D eigenvalue weighted by Crippen LogP contribution is -2.51. The molecule has 1 atom stereocenters. The van der Waals surface area contributed by atoms with Crippen LogP contribution < -0.4 is 10.6 Å². The molecule has 0 aliphatic carbocycles. The van der Waals surface area contributed by atoms with Crippen LogP contribution in [0.2, 0.25) is 0 Å². The minimum atomic E-state index is -0.0329. The van der Waals surface area contributed by atoms with E-state index in [1.54, 1.807) is 19.6 Å². The number of hydrogen-bond acceptors (Lipinski definition) is 5. The van der Waals surface area contributed by atoms with Gasteiger partial charge in [-0.05, 0) is 67.1 Å². The first kappa shape index (κ1) is 23.3. The number of piperazine rings is 1. The zero-order valence-corrected chi connectivity index (χ0v) is 20.2. The average Bonchev–Trinajstić information content (AvgIpc) is 3.54. The molecule has 0 saturated carbocycles. The summed E-state index contributed by atoms with van der Waals surface area (Å²) in [5.74, 6) is -0.0329. The molecule has 1 amide bonds. The SMILES string of the molecule is CC(=O)Nc1cccc(CCN2CCNCC2CCCc2c[nH]c3ccc(-n4cnnc4)cc23)c1. The molecule has 3 N–H and O–H groups in total. The largest absolute Gasteiger partial charge is 0.361 e. The summed E-state index contributed by atoms with van der Waals surface area (Å²) in [6, 6.07) is 15.2. The Morgan fingerprint density at radius 1 is 1.14 bits per heavy atom. The van der Waals surface area contributed by atoms with Gasteiger partial charge in [0.2, 0.25) is 5.91 Å². The van der Waals surface area contributed by atoms with Crippen LogP contribution in [-0.4, -0.2) is 62.8 Å². The average molecular weight is 472 g/mol. The van der Waals surface area contributed by atoms with Crippen LogP contribution >= 0.6 is 0 Å². The number of rotatable bonds is 9. The van der Waals surface area contributed by atoms with Crippen molar-refractivity contribution < 1.29 is 4.79 Å². The van der Waals surface area contributed by atoms with Gasteiger partial charge in [0.15, 0.2) is 0 Å². The van der Waals surface area contributed by atoms with Gasteiger partial charge in [0, 0.05) is 67.6 Å². The summed E-state index contributed by atoms with van der Waals surface area (Å²) in [5, 5.41) is 15.6. The van der Waals surface area contributed by atoms with Crippen LogP contribution in [0.3, 0.4) is 0 Å². The third kappa shape index (κ3) is 5.78. The lowest BCUT2D eigenvalue weighted by molar-refractivity contribution is -0.114. The lowest BCUT2D eigenvalue weighted by atomic mass is 10.0. The number of hydrogen-bond donors (Lipinski definition) is 3. The molecule has 5 rings (SSSR count). The first-order chi connectivity index (χ1) is 17.2. The minimum absolute atomic E-state index is 0.0329. The van der Waals surface area contributed by atoms with Crippen LogP contribution in [0.15, 0.2) is 61.3 Å². The second kappa shape index (κ2) is 10.8. The quantitative estimate of drug-likeness (QED) is 0.347. The minimum Gasteiger partial charge on any atom is -0.361 e. The summed E-state index contributed by atoms with van der Waals surface area (Å²) in [7, 11) is 0. The van der Waals surface area contributed by atoms with E-state index in [1.165, 1.54) is 22.0 Å². The van der Waals surface area contributed by atoms with Crippen LogP contribution in [0.25, 0.3) is 16.6 Å². The lowest BCUT2D eigenvalue weighted by Gasteiger charge is -2.36. The second-order valence-electron chi connectivity index (χ2n) is 9.33. The van der Waals surface area contributed by atoms with E-state index in [4.69, 9.17) is 0 Å². The van der Waals surface area contributed by atoms with E-state index >= 15 is 0 Å². The number of fused-ring (bicyclic) bond motifs is 1. The number of nitrogens with zero attached hydrogens (tertiary/aromatic N) is 4. The molecular formula is C27H33N7O. The van der Waals surface area contributed by atoms with Gasteiger partial charge in [0.05, 0.1) is 0 Å². The molecule has 2 aromatic heterocycles. The number of nitrogens with one attached hydrogen (secondary N) is 3. The number of aromatic amines is 1. The van der Waals surface area contributed by atoms with Crippen molar-refractivity contribution in [3.63, 3.8) is 0 Å². The maximum Gasteiger partial charge on any atom is 0.221 e. The Balaban J connectivity index is 1.18. The maximum absolute atomic E-state index is 11.4. The van der Waals surface area contributed by atoms with Crippen molar-refractivity contribution in [1.29, 1.82) is 0 Å². The summed E-state index contributed by atoms with van der Waals surface area (Å²) in [6.45, 7) is 5.73. The fourth-order valence-corrected chi connectivity index (χ4v) is 5.06. The summed E-state index contributed by atoms with van der Waals surface area (Å²) >= 11 is 0. The third-order valence-electron chi connectivity index (χ3n) is 6.86. The van der Waals surface area contributed by atoms with Gasteiger partial charge < -0.3 is 15.6 Å². The molecule has 4 aromatic rings. The zero-order chi connectivity index (χ0) is 24.0. The molecule has 8 nitrogen and oxygen atoms in total. The summed E-state index contributed by atoms with van der Waals surface area (Å²) < 4.78 is 1.94. The normalized spacial score (nSPS) is 16.5. The van der Waals surface area contributed by atoms with Gasteiger partial charge in [-0.1, -0.05) is 12.1 Å². The number of H-pyrrole nitrogens is 1. The van der Waals surface area contributed by atoms with Crippen LogP contribution in [0.4, 0.5) is 5.69 Å². The predicted molar refractivity (Wildman–Crippen MR) is 139 cm³/mol. The molecule has 1 fully saturated rings. The molecule has 8 heteroatoms. The topological polar surface area (TPSA) is 90.9 Å². The number of aromatic nitrogens is 4. The highest BCUT2D eigenvalue weighted by molar-refractivity contribution is 5.88. The molecule has 1 unspecified atom stereocenters. The second-order valence-corrected chi connectivity index (χ2v) is 9.33. The van der Waals surface area contributed by atoms with E-state index in [9.17, 15) is 4.79 Å². The molecule has 182 valence electrons. The first-order valence-electron chi connectivity index (χ1n) is 12.4. The number of amides is 1. The van der Waals surface area contributed by atoms with Crippen LogP contribution in [-0.2, 0) is 17.6 Å². The van der Waals surface area contributed by atoms with Gasteiger partial charge in [-0.15, -0.1) is 10.2 Å². The first-order valence-corrected chi connectivity index (χ1v) is 12.4. The highest BCUT2D eigenvalue weighted by Crippen LogP contribution is 2.24. The molecule has 1 saturated heterocycles. The van der Waals surface area contributed by atoms with E-state index in [0.29, 0.717) is 6.04 Å². The van der Waals surface area contributed by atoms with Crippen molar-refractivity contribution in [2.24, 2.45) is 0 Å². The smallest absolute Gasteiger partial charge is 0.221 e. The Morgan fingerprint density at radius 3 is 2.89 bits per heavy atom. The van der Waals surface area contributed by atoms with Gasteiger partial charge >= 0.3 is 0 Å². The molecule has 1 aliphatic rings. The molecule has 0 bridgehead atoms. The van der Waals surface area contributed by atoms with Crippen molar-refractivity contribution in [2.75, 3.05) is 31.5 Å². The van der Waals surface area contributed by atoms with E-state index in [0.717, 1.165) is 63.2 Å². The highest BCUT2D eigenvalue weighted by Gasteiger charge is 2.21. The fourth-order valence-electron chi connectivity index (χ4n) is 5.06. The monoisotopic (exact) mass is 471 g/mol. The number of carbonyl (C=O) groups is 1. The van der Waals surface area contributed by atoms with Gasteiger partial charge in [-0.25, -0.2) is 0 Å². The number of benzene rings is 2. The van der Waals surface area contributed by atoms with Crippen molar-refractivity contribution in [2.45, 2.75) is 38.6 Å². The van der Waals surface area contributed by atoms with Gasteiger partial charge in [0.25, 0.3) is 0 Å². The molecular weight excluding hydrogens is 438 g/mol. The Labute approximate surface area is 205 Å². The summed E-state index contributed by atoms with van der Waals surface area (Å²) in [6.07, 6.45) is 9.95. The Hall–Kier alpha value is -3.49. The third-order valence-corrected chi connectivity index (χ3v) is 6.86. The molecule has 0 spiro atoms. The highest BCUT2D eigenvalue weighted by atomic mass is 16.1. The Kier molecular flexibility index (Phi) is 7.20. The Morgan fingerprint density at radius 2 is 2.03 bits per heavy atom. The van der Waals surface area contributed by atoms with E-state index < -0.39 is 0 Å². The van der Waals surface area contributed by atoms with E-state index in [2.05, 4.69) is 67.2 Å². The molecule has 0 radical (unpaired) electrons. The van der Waals surface area contributed by atoms with Crippen molar-refractivity contribution in [3.8, 4) is 5.69 Å². The van der Waals surface area contributed by atoms with E-state index in [1.807, 2.05) is 16.7 Å².